The number of hydrogen-bond acceptors (Lipinski definition) is 3. The summed E-state index contributed by atoms with van der Waals surface area (Å²) in [5.74, 6) is -0.740. The molecule has 2 aromatic rings. The van der Waals surface area contributed by atoms with E-state index >= 15 is 0 Å². The van der Waals surface area contributed by atoms with Crippen molar-refractivity contribution in [3.8, 4) is 0 Å². The van der Waals surface area contributed by atoms with Gasteiger partial charge in [0.05, 0.1) is 12.1 Å². The summed E-state index contributed by atoms with van der Waals surface area (Å²) in [6.45, 7) is 2.44. The van der Waals surface area contributed by atoms with Gasteiger partial charge in [-0.05, 0) is 30.2 Å². The first-order chi connectivity index (χ1) is 12.6. The van der Waals surface area contributed by atoms with Crippen LogP contribution in [0.15, 0.2) is 53.6 Å². The third-order valence-corrected chi connectivity index (χ3v) is 4.78. The van der Waals surface area contributed by atoms with E-state index in [4.69, 9.17) is 11.6 Å². The fourth-order valence-corrected chi connectivity index (χ4v) is 3.07. The summed E-state index contributed by atoms with van der Waals surface area (Å²) >= 11 is 6.04. The van der Waals surface area contributed by atoms with Crippen molar-refractivity contribution < 1.29 is 9.59 Å². The molecule has 3 rings (SSSR count). The zero-order valence-corrected chi connectivity index (χ0v) is 15.2. The largest absolute Gasteiger partial charge is 0.312 e. The lowest BCUT2D eigenvalue weighted by molar-refractivity contribution is -0.126. The van der Waals surface area contributed by atoms with E-state index in [0.717, 1.165) is 17.7 Å². The molecule has 0 radical (unpaired) electrons. The van der Waals surface area contributed by atoms with Gasteiger partial charge in [0.25, 0.3) is 0 Å². The number of amides is 2. The molecule has 0 unspecified atom stereocenters. The van der Waals surface area contributed by atoms with Crippen molar-refractivity contribution in [3.05, 3.63) is 64.7 Å². The first-order valence-electron chi connectivity index (χ1n) is 8.55. The van der Waals surface area contributed by atoms with Crippen molar-refractivity contribution in [1.82, 2.24) is 5.43 Å². The number of nitrogens with one attached hydrogen (secondary N) is 1. The van der Waals surface area contributed by atoms with Crippen LogP contribution >= 0.6 is 11.6 Å². The normalized spacial score (nSPS) is 17.1. The number of anilines is 1. The van der Waals surface area contributed by atoms with Gasteiger partial charge in [0.15, 0.2) is 0 Å². The van der Waals surface area contributed by atoms with E-state index in [1.807, 2.05) is 36.4 Å². The molecule has 2 amide bonds. The summed E-state index contributed by atoms with van der Waals surface area (Å²) in [6.07, 6.45) is 2.63. The Hall–Kier alpha value is -2.66. The molecule has 6 heteroatoms. The lowest BCUT2D eigenvalue weighted by Crippen LogP contribution is -2.30. The van der Waals surface area contributed by atoms with Gasteiger partial charge in [-0.25, -0.2) is 5.43 Å². The third-order valence-electron chi connectivity index (χ3n) is 4.44. The van der Waals surface area contributed by atoms with E-state index in [0.29, 0.717) is 11.6 Å². The fourth-order valence-electron chi connectivity index (χ4n) is 2.88. The van der Waals surface area contributed by atoms with Crippen molar-refractivity contribution >= 4 is 35.3 Å². The van der Waals surface area contributed by atoms with Gasteiger partial charge in [-0.15, -0.1) is 0 Å². The average molecular weight is 370 g/mol. The molecule has 1 N–H and O–H groups in total. The summed E-state index contributed by atoms with van der Waals surface area (Å²) < 4.78 is 0. The van der Waals surface area contributed by atoms with Crippen LogP contribution in [0, 0.1) is 5.92 Å². The molecule has 0 aliphatic carbocycles. The first-order valence-corrected chi connectivity index (χ1v) is 8.93. The van der Waals surface area contributed by atoms with E-state index < -0.39 is 5.92 Å². The Bertz CT molecular complexity index is 833. The van der Waals surface area contributed by atoms with E-state index in [9.17, 15) is 9.59 Å². The van der Waals surface area contributed by atoms with Gasteiger partial charge >= 0.3 is 0 Å². The predicted molar refractivity (Wildman–Crippen MR) is 103 cm³/mol. The summed E-state index contributed by atoms with van der Waals surface area (Å²) in [7, 11) is 0. The second-order valence-corrected chi connectivity index (χ2v) is 6.59. The standard InChI is InChI=1S/C20H20ClN3O2/c1-2-14-7-9-17(10-8-14)24-13-16(11-19(24)25)20(26)23-22-12-15-5-3-4-6-18(15)21/h3-10,12,16H,2,11,13H2,1H3,(H,23,26)/b22-12+/t16-/m0/s1. The lowest BCUT2D eigenvalue weighted by Gasteiger charge is -2.16. The number of benzene rings is 2. The van der Waals surface area contributed by atoms with Crippen LogP contribution in [0.25, 0.3) is 0 Å². The van der Waals surface area contributed by atoms with Crippen LogP contribution in [0.2, 0.25) is 5.02 Å². The Kier molecular flexibility index (Phi) is 5.68. The van der Waals surface area contributed by atoms with Crippen LogP contribution < -0.4 is 10.3 Å². The quantitative estimate of drug-likeness (QED) is 0.648. The number of carbonyl (C=O) groups excluding carboxylic acids is 2. The van der Waals surface area contributed by atoms with Crippen LogP contribution in [0.3, 0.4) is 0 Å². The van der Waals surface area contributed by atoms with Crippen molar-refractivity contribution in [2.45, 2.75) is 19.8 Å². The molecular formula is C20H20ClN3O2. The van der Waals surface area contributed by atoms with Gasteiger partial charge in [0, 0.05) is 29.2 Å². The van der Waals surface area contributed by atoms with Crippen molar-refractivity contribution in [2.24, 2.45) is 11.0 Å². The number of nitrogens with zero attached hydrogens (tertiary/aromatic N) is 2. The van der Waals surface area contributed by atoms with E-state index in [1.54, 1.807) is 17.0 Å². The molecule has 0 aromatic heterocycles. The number of rotatable bonds is 5. The monoisotopic (exact) mass is 369 g/mol. The Morgan fingerprint density at radius 3 is 2.69 bits per heavy atom. The van der Waals surface area contributed by atoms with E-state index in [-0.39, 0.29) is 18.2 Å². The topological polar surface area (TPSA) is 61.8 Å². The van der Waals surface area contributed by atoms with Gasteiger partial charge in [0.2, 0.25) is 11.8 Å². The molecule has 1 fully saturated rings. The highest BCUT2D eigenvalue weighted by atomic mass is 35.5. The van der Waals surface area contributed by atoms with E-state index in [2.05, 4.69) is 17.5 Å². The SMILES string of the molecule is CCc1ccc(N2C[C@@H](C(=O)N/N=C/c3ccccc3Cl)CC2=O)cc1. The maximum atomic E-state index is 12.3. The van der Waals surface area contributed by atoms with Gasteiger partial charge in [-0.2, -0.15) is 5.10 Å². The molecule has 1 aliphatic rings. The zero-order valence-electron chi connectivity index (χ0n) is 14.5. The Morgan fingerprint density at radius 1 is 1.27 bits per heavy atom. The molecule has 5 nitrogen and oxygen atoms in total. The van der Waals surface area contributed by atoms with Gasteiger partial charge in [0.1, 0.15) is 0 Å². The Balaban J connectivity index is 1.60. The maximum absolute atomic E-state index is 12.3. The highest BCUT2D eigenvalue weighted by Crippen LogP contribution is 2.25. The molecule has 1 saturated heterocycles. The second kappa shape index (κ2) is 8.15. The van der Waals surface area contributed by atoms with E-state index in [1.165, 1.54) is 11.8 Å². The molecule has 26 heavy (non-hydrogen) atoms. The fraction of sp³-hybridized carbons (Fsp3) is 0.250. The highest BCUT2D eigenvalue weighted by Gasteiger charge is 2.35. The van der Waals surface area contributed by atoms with Crippen LogP contribution in [-0.2, 0) is 16.0 Å². The molecule has 1 heterocycles. The molecule has 0 saturated carbocycles. The van der Waals surface area contributed by atoms with Crippen molar-refractivity contribution in [1.29, 1.82) is 0 Å². The highest BCUT2D eigenvalue weighted by molar-refractivity contribution is 6.33. The number of halogens is 1. The van der Waals surface area contributed by atoms with Gasteiger partial charge < -0.3 is 4.90 Å². The van der Waals surface area contributed by atoms with Crippen molar-refractivity contribution in [2.75, 3.05) is 11.4 Å². The number of hydrogen-bond donors (Lipinski definition) is 1. The Labute approximate surface area is 157 Å². The van der Waals surface area contributed by atoms with Crippen LogP contribution in [0.5, 0.6) is 0 Å². The van der Waals surface area contributed by atoms with Crippen LogP contribution in [0.4, 0.5) is 5.69 Å². The van der Waals surface area contributed by atoms with Crippen molar-refractivity contribution in [3.63, 3.8) is 0 Å². The minimum Gasteiger partial charge on any atom is -0.312 e. The summed E-state index contributed by atoms with van der Waals surface area (Å²) in [4.78, 5) is 26.2. The number of hydrazone groups is 1. The first kappa shape index (κ1) is 18.1. The zero-order chi connectivity index (χ0) is 18.5. The summed E-state index contributed by atoms with van der Waals surface area (Å²) in [5, 5.41) is 4.51. The third kappa shape index (κ3) is 4.11. The van der Waals surface area contributed by atoms with Crippen LogP contribution in [0.1, 0.15) is 24.5 Å². The number of carbonyl (C=O) groups is 2. The molecule has 0 bridgehead atoms. The molecule has 1 aliphatic heterocycles. The molecule has 0 spiro atoms. The van der Waals surface area contributed by atoms with Crippen LogP contribution in [-0.4, -0.2) is 24.6 Å². The maximum Gasteiger partial charge on any atom is 0.245 e. The smallest absolute Gasteiger partial charge is 0.245 e. The number of aryl methyl sites for hydroxylation is 1. The molecule has 134 valence electrons. The average Bonchev–Trinajstić information content (AvgIpc) is 3.05. The summed E-state index contributed by atoms with van der Waals surface area (Å²) in [5.41, 5.74) is 5.25. The minimum atomic E-state index is -0.420. The predicted octanol–water partition coefficient (Wildman–Crippen LogP) is 3.41. The molecule has 1 atom stereocenters. The molecule has 2 aromatic carbocycles. The Morgan fingerprint density at radius 2 is 2.00 bits per heavy atom. The molecular weight excluding hydrogens is 350 g/mol. The minimum absolute atomic E-state index is 0.0514. The summed E-state index contributed by atoms with van der Waals surface area (Å²) in [6, 6.07) is 15.1. The lowest BCUT2D eigenvalue weighted by atomic mass is 10.1. The van der Waals surface area contributed by atoms with Gasteiger partial charge in [-0.1, -0.05) is 48.9 Å². The van der Waals surface area contributed by atoms with Gasteiger partial charge in [-0.3, -0.25) is 9.59 Å². The second-order valence-electron chi connectivity index (χ2n) is 6.18.